The Morgan fingerprint density at radius 2 is 1.46 bits per heavy atom. The molecule has 3 aromatic rings. The standard InChI is InChI=1S/C23H20FNO3/c1-16-2-12-21(13-3-16)25-14-17-4-6-19(7-5-17)23(27)28-15-22(26)18-8-10-20(24)11-9-18/h2-13,25H,14-15H2,1H3. The number of rotatable bonds is 7. The van der Waals surface area contributed by atoms with E-state index in [2.05, 4.69) is 5.32 Å². The van der Waals surface area contributed by atoms with Crippen molar-refractivity contribution < 1.29 is 18.7 Å². The summed E-state index contributed by atoms with van der Waals surface area (Å²) in [4.78, 5) is 24.1. The van der Waals surface area contributed by atoms with Crippen LogP contribution in [0.25, 0.3) is 0 Å². The predicted molar refractivity (Wildman–Crippen MR) is 106 cm³/mol. The normalized spacial score (nSPS) is 10.4. The summed E-state index contributed by atoms with van der Waals surface area (Å²) in [6.45, 7) is 2.28. The van der Waals surface area contributed by atoms with E-state index in [1.54, 1.807) is 12.1 Å². The number of esters is 1. The van der Waals surface area contributed by atoms with Gasteiger partial charge in [-0.3, -0.25) is 4.79 Å². The first-order chi connectivity index (χ1) is 13.5. The minimum absolute atomic E-state index is 0.298. The summed E-state index contributed by atoms with van der Waals surface area (Å²) in [6.07, 6.45) is 0. The molecule has 142 valence electrons. The van der Waals surface area contributed by atoms with Crippen molar-refractivity contribution in [2.45, 2.75) is 13.5 Å². The Morgan fingerprint density at radius 1 is 0.857 bits per heavy atom. The Morgan fingerprint density at radius 3 is 2.11 bits per heavy atom. The van der Waals surface area contributed by atoms with Crippen molar-refractivity contribution in [2.75, 3.05) is 11.9 Å². The lowest BCUT2D eigenvalue weighted by molar-refractivity contribution is 0.0474. The Labute approximate surface area is 163 Å². The average Bonchev–Trinajstić information content (AvgIpc) is 2.72. The van der Waals surface area contributed by atoms with E-state index in [9.17, 15) is 14.0 Å². The van der Waals surface area contributed by atoms with Gasteiger partial charge in [0.2, 0.25) is 0 Å². The van der Waals surface area contributed by atoms with Crippen LogP contribution in [0.1, 0.15) is 31.8 Å². The second-order valence-electron chi connectivity index (χ2n) is 6.42. The van der Waals surface area contributed by atoms with Crippen molar-refractivity contribution in [2.24, 2.45) is 0 Å². The molecule has 3 rings (SSSR count). The molecule has 0 aliphatic carbocycles. The maximum absolute atomic E-state index is 12.9. The Hall–Kier alpha value is -3.47. The fraction of sp³-hybridized carbons (Fsp3) is 0.130. The molecule has 0 unspecified atom stereocenters. The molecule has 0 fully saturated rings. The Kier molecular flexibility index (Phi) is 6.17. The van der Waals surface area contributed by atoms with Crippen LogP contribution in [0, 0.1) is 12.7 Å². The fourth-order valence-electron chi connectivity index (χ4n) is 2.57. The number of halogens is 1. The molecule has 1 N–H and O–H groups in total. The molecule has 28 heavy (non-hydrogen) atoms. The lowest BCUT2D eigenvalue weighted by Gasteiger charge is -2.08. The Balaban J connectivity index is 1.51. The molecule has 0 spiro atoms. The molecular formula is C23H20FNO3. The number of carbonyl (C=O) groups is 2. The van der Waals surface area contributed by atoms with Crippen molar-refractivity contribution in [1.82, 2.24) is 0 Å². The highest BCUT2D eigenvalue weighted by Crippen LogP contribution is 2.12. The summed E-state index contributed by atoms with van der Waals surface area (Å²) >= 11 is 0. The molecular weight excluding hydrogens is 357 g/mol. The summed E-state index contributed by atoms with van der Waals surface area (Å²) in [6, 6.07) is 20.2. The molecule has 0 saturated heterocycles. The van der Waals surface area contributed by atoms with Gasteiger partial charge in [0.15, 0.2) is 12.4 Å². The third-order valence-electron chi connectivity index (χ3n) is 4.24. The number of ether oxygens (including phenoxy) is 1. The average molecular weight is 377 g/mol. The molecule has 3 aromatic carbocycles. The number of ketones is 1. The maximum Gasteiger partial charge on any atom is 0.338 e. The van der Waals surface area contributed by atoms with E-state index >= 15 is 0 Å². The predicted octanol–water partition coefficient (Wildman–Crippen LogP) is 4.79. The summed E-state index contributed by atoms with van der Waals surface area (Å²) < 4.78 is 17.9. The number of aryl methyl sites for hydroxylation is 1. The van der Waals surface area contributed by atoms with Gasteiger partial charge in [-0.25, -0.2) is 9.18 Å². The van der Waals surface area contributed by atoms with Gasteiger partial charge in [0.25, 0.3) is 0 Å². The minimum Gasteiger partial charge on any atom is -0.454 e. The number of carbonyl (C=O) groups excluding carboxylic acids is 2. The largest absolute Gasteiger partial charge is 0.454 e. The molecule has 0 bridgehead atoms. The highest BCUT2D eigenvalue weighted by atomic mass is 19.1. The van der Waals surface area contributed by atoms with Gasteiger partial charge in [-0.1, -0.05) is 29.8 Å². The molecule has 0 aliphatic heterocycles. The second kappa shape index (κ2) is 8.95. The smallest absolute Gasteiger partial charge is 0.338 e. The van der Waals surface area contributed by atoms with Crippen LogP contribution in [0.15, 0.2) is 72.8 Å². The van der Waals surface area contributed by atoms with E-state index in [0.717, 1.165) is 11.3 Å². The van der Waals surface area contributed by atoms with Crippen molar-refractivity contribution in [3.8, 4) is 0 Å². The molecule has 0 aliphatic rings. The molecule has 0 aromatic heterocycles. The van der Waals surface area contributed by atoms with Crippen molar-refractivity contribution in [3.63, 3.8) is 0 Å². The van der Waals surface area contributed by atoms with Crippen molar-refractivity contribution in [1.29, 1.82) is 0 Å². The zero-order valence-corrected chi connectivity index (χ0v) is 15.4. The molecule has 0 radical (unpaired) electrons. The number of nitrogens with one attached hydrogen (secondary N) is 1. The van der Waals surface area contributed by atoms with Gasteiger partial charge in [0, 0.05) is 17.8 Å². The van der Waals surface area contributed by atoms with Crippen LogP contribution >= 0.6 is 0 Å². The zero-order valence-electron chi connectivity index (χ0n) is 15.4. The highest BCUT2D eigenvalue weighted by Gasteiger charge is 2.12. The number of anilines is 1. The van der Waals surface area contributed by atoms with Crippen LogP contribution < -0.4 is 5.32 Å². The van der Waals surface area contributed by atoms with E-state index in [1.165, 1.54) is 29.8 Å². The molecule has 4 nitrogen and oxygen atoms in total. The zero-order chi connectivity index (χ0) is 19.9. The number of hydrogen-bond acceptors (Lipinski definition) is 4. The summed E-state index contributed by atoms with van der Waals surface area (Å²) in [7, 11) is 0. The van der Waals surface area contributed by atoms with E-state index in [-0.39, 0.29) is 12.4 Å². The summed E-state index contributed by atoms with van der Waals surface area (Å²) in [5.41, 5.74) is 3.90. The van der Waals surface area contributed by atoms with Crippen LogP contribution in [0.5, 0.6) is 0 Å². The molecule has 5 heteroatoms. The topological polar surface area (TPSA) is 55.4 Å². The lowest BCUT2D eigenvalue weighted by Crippen LogP contribution is -2.14. The van der Waals surface area contributed by atoms with Gasteiger partial charge in [-0.15, -0.1) is 0 Å². The number of hydrogen-bond donors (Lipinski definition) is 1. The van der Waals surface area contributed by atoms with Crippen LogP contribution in [0.4, 0.5) is 10.1 Å². The number of Topliss-reactive ketones (excluding diaryl/α,β-unsaturated/α-hetero) is 1. The summed E-state index contributed by atoms with van der Waals surface area (Å²) in [5.74, 6) is -1.38. The number of benzene rings is 3. The van der Waals surface area contributed by atoms with Gasteiger partial charge in [0.1, 0.15) is 5.82 Å². The van der Waals surface area contributed by atoms with Gasteiger partial charge >= 0.3 is 5.97 Å². The van der Waals surface area contributed by atoms with Gasteiger partial charge in [0.05, 0.1) is 5.56 Å². The lowest BCUT2D eigenvalue weighted by atomic mass is 10.1. The highest BCUT2D eigenvalue weighted by molar-refractivity contribution is 5.99. The minimum atomic E-state index is -0.575. The molecule has 0 amide bonds. The van der Waals surface area contributed by atoms with E-state index in [4.69, 9.17) is 4.74 Å². The van der Waals surface area contributed by atoms with E-state index < -0.39 is 11.8 Å². The SMILES string of the molecule is Cc1ccc(NCc2ccc(C(=O)OCC(=O)c3ccc(F)cc3)cc2)cc1. The van der Waals surface area contributed by atoms with Crippen molar-refractivity contribution in [3.05, 3.63) is 101 Å². The third kappa shape index (κ3) is 5.27. The van der Waals surface area contributed by atoms with Crippen LogP contribution in [-0.4, -0.2) is 18.4 Å². The van der Waals surface area contributed by atoms with Crippen LogP contribution in [0.3, 0.4) is 0 Å². The van der Waals surface area contributed by atoms with Crippen molar-refractivity contribution >= 4 is 17.4 Å². The van der Waals surface area contributed by atoms with Gasteiger partial charge in [-0.05, 0) is 61.0 Å². The van der Waals surface area contributed by atoms with Gasteiger partial charge < -0.3 is 10.1 Å². The molecule has 0 atom stereocenters. The second-order valence-corrected chi connectivity index (χ2v) is 6.42. The van der Waals surface area contributed by atoms with E-state index in [1.807, 2.05) is 43.3 Å². The maximum atomic E-state index is 12.9. The van der Waals surface area contributed by atoms with E-state index in [0.29, 0.717) is 17.7 Å². The first-order valence-electron chi connectivity index (χ1n) is 8.86. The first-order valence-corrected chi connectivity index (χ1v) is 8.86. The molecule has 0 heterocycles. The van der Waals surface area contributed by atoms with Crippen LogP contribution in [0.2, 0.25) is 0 Å². The monoisotopic (exact) mass is 377 g/mol. The fourth-order valence-corrected chi connectivity index (χ4v) is 2.57. The summed E-state index contributed by atoms with van der Waals surface area (Å²) in [5, 5.41) is 3.31. The van der Waals surface area contributed by atoms with Crippen LogP contribution in [-0.2, 0) is 11.3 Å². The Bertz CT molecular complexity index is 949. The third-order valence-corrected chi connectivity index (χ3v) is 4.24. The quantitative estimate of drug-likeness (QED) is 0.475. The van der Waals surface area contributed by atoms with Gasteiger partial charge in [-0.2, -0.15) is 0 Å². The molecule has 0 saturated carbocycles. The first kappa shape index (κ1) is 19.3.